The van der Waals surface area contributed by atoms with Crippen LogP contribution >= 0.6 is 11.3 Å². The van der Waals surface area contributed by atoms with Gasteiger partial charge < -0.3 is 9.63 Å². The highest BCUT2D eigenvalue weighted by molar-refractivity contribution is 7.08. The fourth-order valence-electron chi connectivity index (χ4n) is 1.60. The molecule has 0 fully saturated rings. The van der Waals surface area contributed by atoms with Crippen molar-refractivity contribution in [1.29, 1.82) is 0 Å². The molecule has 90 valence electrons. The van der Waals surface area contributed by atoms with Crippen molar-refractivity contribution in [3.8, 4) is 22.8 Å². The predicted molar refractivity (Wildman–Crippen MR) is 69.0 cm³/mol. The maximum absolute atomic E-state index is 8.98. The molecule has 0 radical (unpaired) electrons. The fraction of sp³-hybridized carbons (Fsp3) is 0.0769. The molecule has 0 spiro atoms. The average molecular weight is 258 g/mol. The molecular formula is C13H10N2O2S. The van der Waals surface area contributed by atoms with Crippen LogP contribution in [0.15, 0.2) is 45.6 Å². The van der Waals surface area contributed by atoms with Crippen LogP contribution in [0.2, 0.25) is 0 Å². The van der Waals surface area contributed by atoms with E-state index >= 15 is 0 Å². The Morgan fingerprint density at radius 3 is 2.61 bits per heavy atom. The van der Waals surface area contributed by atoms with Gasteiger partial charge in [-0.25, -0.2) is 0 Å². The Bertz CT molecular complexity index is 629. The summed E-state index contributed by atoms with van der Waals surface area (Å²) >= 11 is 1.59. The van der Waals surface area contributed by atoms with E-state index < -0.39 is 0 Å². The first-order valence-electron chi connectivity index (χ1n) is 5.43. The molecule has 0 saturated heterocycles. The molecule has 2 aromatic heterocycles. The standard InChI is InChI=1S/C13H10N2O2S/c16-7-9-1-3-10(4-2-9)12-14-13(17-15-12)11-5-6-18-8-11/h1-6,8,16H,7H2. The van der Waals surface area contributed by atoms with Crippen LogP contribution in [-0.4, -0.2) is 15.2 Å². The lowest BCUT2D eigenvalue weighted by Gasteiger charge is -1.96. The number of rotatable bonds is 3. The number of benzene rings is 1. The van der Waals surface area contributed by atoms with Gasteiger partial charge in [0, 0.05) is 10.9 Å². The van der Waals surface area contributed by atoms with Crippen molar-refractivity contribution in [2.45, 2.75) is 6.61 Å². The number of hydrogen-bond acceptors (Lipinski definition) is 5. The van der Waals surface area contributed by atoms with Crippen LogP contribution in [0.25, 0.3) is 22.8 Å². The zero-order valence-electron chi connectivity index (χ0n) is 9.41. The van der Waals surface area contributed by atoms with E-state index in [-0.39, 0.29) is 6.61 Å². The third kappa shape index (κ3) is 2.05. The molecule has 3 rings (SSSR count). The van der Waals surface area contributed by atoms with Crippen LogP contribution in [0.3, 0.4) is 0 Å². The highest BCUT2D eigenvalue weighted by Gasteiger charge is 2.10. The van der Waals surface area contributed by atoms with Gasteiger partial charge in [0.25, 0.3) is 5.89 Å². The smallest absolute Gasteiger partial charge is 0.259 e. The molecule has 0 aliphatic heterocycles. The second kappa shape index (κ2) is 4.72. The second-order valence-corrected chi connectivity index (χ2v) is 4.57. The van der Waals surface area contributed by atoms with Crippen LogP contribution in [0.1, 0.15) is 5.56 Å². The summed E-state index contributed by atoms with van der Waals surface area (Å²) < 4.78 is 5.22. The van der Waals surface area contributed by atoms with E-state index in [1.807, 2.05) is 41.1 Å². The third-order valence-corrected chi connectivity index (χ3v) is 3.27. The molecule has 3 aromatic rings. The van der Waals surface area contributed by atoms with Crippen molar-refractivity contribution in [2.75, 3.05) is 0 Å². The van der Waals surface area contributed by atoms with E-state index in [0.717, 1.165) is 16.7 Å². The van der Waals surface area contributed by atoms with Gasteiger partial charge in [-0.1, -0.05) is 29.4 Å². The lowest BCUT2D eigenvalue weighted by Crippen LogP contribution is -1.84. The highest BCUT2D eigenvalue weighted by atomic mass is 32.1. The van der Waals surface area contributed by atoms with E-state index in [4.69, 9.17) is 9.63 Å². The fourth-order valence-corrected chi connectivity index (χ4v) is 2.23. The van der Waals surface area contributed by atoms with Gasteiger partial charge in [0.2, 0.25) is 5.82 Å². The Labute approximate surface area is 108 Å². The van der Waals surface area contributed by atoms with E-state index in [1.54, 1.807) is 11.3 Å². The maximum Gasteiger partial charge on any atom is 0.259 e. The maximum atomic E-state index is 8.98. The molecule has 0 bridgehead atoms. The van der Waals surface area contributed by atoms with Gasteiger partial charge in [0.1, 0.15) is 0 Å². The van der Waals surface area contributed by atoms with Crippen LogP contribution in [-0.2, 0) is 6.61 Å². The normalized spacial score (nSPS) is 10.7. The first kappa shape index (κ1) is 11.1. The van der Waals surface area contributed by atoms with Crippen molar-refractivity contribution < 1.29 is 9.63 Å². The summed E-state index contributed by atoms with van der Waals surface area (Å²) in [5.41, 5.74) is 2.67. The van der Waals surface area contributed by atoms with E-state index in [0.29, 0.717) is 11.7 Å². The van der Waals surface area contributed by atoms with E-state index in [1.165, 1.54) is 0 Å². The van der Waals surface area contributed by atoms with Crippen molar-refractivity contribution in [3.63, 3.8) is 0 Å². The summed E-state index contributed by atoms with van der Waals surface area (Å²) in [6, 6.07) is 9.37. The van der Waals surface area contributed by atoms with Crippen LogP contribution < -0.4 is 0 Å². The Morgan fingerprint density at radius 1 is 1.11 bits per heavy atom. The first-order valence-corrected chi connectivity index (χ1v) is 6.37. The Morgan fingerprint density at radius 2 is 1.94 bits per heavy atom. The SMILES string of the molecule is OCc1ccc(-c2noc(-c3ccsc3)n2)cc1. The zero-order chi connectivity index (χ0) is 12.4. The summed E-state index contributed by atoms with van der Waals surface area (Å²) in [6.45, 7) is 0.0344. The van der Waals surface area contributed by atoms with Crippen molar-refractivity contribution in [3.05, 3.63) is 46.7 Å². The molecule has 0 amide bonds. The number of aliphatic hydroxyl groups is 1. The minimum absolute atomic E-state index is 0.0344. The monoisotopic (exact) mass is 258 g/mol. The molecule has 5 heteroatoms. The third-order valence-electron chi connectivity index (χ3n) is 2.59. The molecule has 1 aromatic carbocycles. The molecule has 0 aliphatic rings. The van der Waals surface area contributed by atoms with Crippen LogP contribution in [0.5, 0.6) is 0 Å². The summed E-state index contributed by atoms with van der Waals surface area (Å²) in [5, 5.41) is 16.9. The predicted octanol–water partition coefficient (Wildman–Crippen LogP) is 2.96. The molecule has 18 heavy (non-hydrogen) atoms. The minimum Gasteiger partial charge on any atom is -0.392 e. The second-order valence-electron chi connectivity index (χ2n) is 3.79. The van der Waals surface area contributed by atoms with Crippen molar-refractivity contribution >= 4 is 11.3 Å². The summed E-state index contributed by atoms with van der Waals surface area (Å²) in [5.74, 6) is 1.08. The van der Waals surface area contributed by atoms with Crippen molar-refractivity contribution in [1.82, 2.24) is 10.1 Å². The highest BCUT2D eigenvalue weighted by Crippen LogP contribution is 2.23. The minimum atomic E-state index is 0.0344. The molecule has 4 nitrogen and oxygen atoms in total. The Kier molecular flexibility index (Phi) is 2.92. The van der Waals surface area contributed by atoms with Gasteiger partial charge in [-0.2, -0.15) is 16.3 Å². The largest absolute Gasteiger partial charge is 0.392 e. The molecule has 2 heterocycles. The zero-order valence-corrected chi connectivity index (χ0v) is 10.2. The Balaban J connectivity index is 1.92. The average Bonchev–Trinajstić information content (AvgIpc) is 3.09. The molecule has 0 saturated carbocycles. The van der Waals surface area contributed by atoms with Crippen LogP contribution in [0, 0.1) is 0 Å². The summed E-state index contributed by atoms with van der Waals surface area (Å²) in [4.78, 5) is 4.34. The molecule has 0 atom stereocenters. The van der Waals surface area contributed by atoms with Crippen molar-refractivity contribution in [2.24, 2.45) is 0 Å². The van der Waals surface area contributed by atoms with E-state index in [2.05, 4.69) is 10.1 Å². The van der Waals surface area contributed by atoms with E-state index in [9.17, 15) is 0 Å². The van der Waals surface area contributed by atoms with Crippen LogP contribution in [0.4, 0.5) is 0 Å². The summed E-state index contributed by atoms with van der Waals surface area (Å²) in [7, 11) is 0. The van der Waals surface area contributed by atoms with Gasteiger partial charge in [0.15, 0.2) is 0 Å². The number of aromatic nitrogens is 2. The number of nitrogens with zero attached hydrogens (tertiary/aromatic N) is 2. The van der Waals surface area contributed by atoms with Gasteiger partial charge in [0.05, 0.1) is 12.2 Å². The molecular weight excluding hydrogens is 248 g/mol. The first-order chi connectivity index (χ1) is 8.86. The van der Waals surface area contributed by atoms with Gasteiger partial charge in [-0.15, -0.1) is 0 Å². The number of aliphatic hydroxyl groups excluding tert-OH is 1. The van der Waals surface area contributed by atoms with Gasteiger partial charge in [-0.05, 0) is 17.0 Å². The number of hydrogen-bond donors (Lipinski definition) is 1. The number of thiophene rings is 1. The molecule has 0 aliphatic carbocycles. The summed E-state index contributed by atoms with van der Waals surface area (Å²) in [6.07, 6.45) is 0. The quantitative estimate of drug-likeness (QED) is 0.784. The molecule has 1 N–H and O–H groups in total. The lowest BCUT2D eigenvalue weighted by molar-refractivity contribution is 0.282. The topological polar surface area (TPSA) is 59.2 Å². The lowest BCUT2D eigenvalue weighted by atomic mass is 10.1. The van der Waals surface area contributed by atoms with Gasteiger partial charge in [-0.3, -0.25) is 0 Å². The molecule has 0 unspecified atom stereocenters. The van der Waals surface area contributed by atoms with Gasteiger partial charge >= 0.3 is 0 Å². The Hall–Kier alpha value is -1.98.